The number of ether oxygens (including phenoxy) is 4. The maximum absolute atomic E-state index is 11.2. The third-order valence-corrected chi connectivity index (χ3v) is 2.21. The molecule has 1 fully saturated rings. The molecular weight excluding hydrogens is 272 g/mol. The molecule has 0 aromatic carbocycles. The van der Waals surface area contributed by atoms with Crippen molar-refractivity contribution in [3.05, 3.63) is 0 Å². The Morgan fingerprint density at radius 2 is 0.750 bits per heavy atom. The molecule has 1 aliphatic rings. The van der Waals surface area contributed by atoms with Crippen molar-refractivity contribution < 1.29 is 38.1 Å². The molecule has 0 amide bonds. The summed E-state index contributed by atoms with van der Waals surface area (Å²) < 4.78 is 19.0. The highest BCUT2D eigenvalue weighted by atomic mass is 16.6. The van der Waals surface area contributed by atoms with Crippen molar-refractivity contribution >= 4 is 23.9 Å². The van der Waals surface area contributed by atoms with Crippen LogP contribution in [0.4, 0.5) is 0 Å². The first-order valence-corrected chi connectivity index (χ1v) is 6.20. The van der Waals surface area contributed by atoms with Gasteiger partial charge >= 0.3 is 23.9 Å². The lowest BCUT2D eigenvalue weighted by Crippen LogP contribution is -2.19. The number of hydrogen-bond donors (Lipinski definition) is 0. The molecule has 0 atom stereocenters. The lowest BCUT2D eigenvalue weighted by molar-refractivity contribution is -0.156. The summed E-state index contributed by atoms with van der Waals surface area (Å²) in [5.74, 6) is -2.78. The first-order valence-electron chi connectivity index (χ1n) is 6.20. The predicted molar refractivity (Wildman–Crippen MR) is 62.3 cm³/mol. The molecular formula is C12H16O8. The maximum Gasteiger partial charge on any atom is 0.317 e. The van der Waals surface area contributed by atoms with Gasteiger partial charge in [-0.15, -0.1) is 0 Å². The average Bonchev–Trinajstić information content (AvgIpc) is 2.36. The zero-order valence-electron chi connectivity index (χ0n) is 10.9. The lowest BCUT2D eigenvalue weighted by atomic mass is 10.4. The zero-order valence-corrected chi connectivity index (χ0v) is 10.9. The van der Waals surface area contributed by atoms with Crippen LogP contribution in [0.3, 0.4) is 0 Å². The number of carbonyl (C=O) groups excluding carboxylic acids is 4. The van der Waals surface area contributed by atoms with Crippen LogP contribution in [0.5, 0.6) is 0 Å². The number of rotatable bonds is 0. The van der Waals surface area contributed by atoms with E-state index in [-0.39, 0.29) is 39.3 Å². The van der Waals surface area contributed by atoms with Gasteiger partial charge in [0.05, 0.1) is 26.4 Å². The van der Waals surface area contributed by atoms with E-state index in [4.69, 9.17) is 18.9 Å². The maximum atomic E-state index is 11.2. The molecule has 8 heteroatoms. The van der Waals surface area contributed by atoms with E-state index in [1.807, 2.05) is 0 Å². The van der Waals surface area contributed by atoms with Crippen LogP contribution in [0.2, 0.25) is 0 Å². The largest absolute Gasteiger partial charge is 0.465 e. The smallest absolute Gasteiger partial charge is 0.317 e. The van der Waals surface area contributed by atoms with E-state index >= 15 is 0 Å². The van der Waals surface area contributed by atoms with Gasteiger partial charge in [-0.2, -0.15) is 0 Å². The Morgan fingerprint density at radius 1 is 0.500 bits per heavy atom. The SMILES string of the molecule is O=C1CC(=O)OCCCOC(=O)CC(=O)OCCCO1. The van der Waals surface area contributed by atoms with Crippen LogP contribution < -0.4 is 0 Å². The topological polar surface area (TPSA) is 105 Å². The monoisotopic (exact) mass is 288 g/mol. The molecule has 1 heterocycles. The van der Waals surface area contributed by atoms with Crippen LogP contribution in [-0.4, -0.2) is 50.3 Å². The molecule has 1 rings (SSSR count). The molecule has 112 valence electrons. The molecule has 0 N–H and O–H groups in total. The van der Waals surface area contributed by atoms with Crippen molar-refractivity contribution in [1.82, 2.24) is 0 Å². The standard InChI is InChI=1S/C12H16O8/c13-9-7-11(15)19-5-2-6-20-12(16)8-10(14)18-4-1-3-17-9/h1-8H2. The minimum atomic E-state index is -0.695. The van der Waals surface area contributed by atoms with Crippen LogP contribution >= 0.6 is 0 Å². The van der Waals surface area contributed by atoms with Crippen LogP contribution in [0.25, 0.3) is 0 Å². The van der Waals surface area contributed by atoms with Gasteiger partial charge < -0.3 is 18.9 Å². The van der Waals surface area contributed by atoms with E-state index < -0.39 is 36.7 Å². The van der Waals surface area contributed by atoms with Crippen molar-refractivity contribution in [3.63, 3.8) is 0 Å². The van der Waals surface area contributed by atoms with Gasteiger partial charge in [0, 0.05) is 12.8 Å². The van der Waals surface area contributed by atoms with Crippen LogP contribution in [0.15, 0.2) is 0 Å². The van der Waals surface area contributed by atoms with Gasteiger partial charge in [-0.05, 0) is 0 Å². The minimum absolute atomic E-state index is 0.0177. The van der Waals surface area contributed by atoms with Crippen LogP contribution in [0, 0.1) is 0 Å². The fourth-order valence-corrected chi connectivity index (χ4v) is 1.30. The molecule has 0 spiro atoms. The van der Waals surface area contributed by atoms with Crippen molar-refractivity contribution in [3.8, 4) is 0 Å². The van der Waals surface area contributed by atoms with Gasteiger partial charge in [-0.1, -0.05) is 0 Å². The third-order valence-electron chi connectivity index (χ3n) is 2.21. The second-order valence-corrected chi connectivity index (χ2v) is 3.94. The Bertz CT molecular complexity index is 308. The molecule has 8 nitrogen and oxygen atoms in total. The normalized spacial score (nSPS) is 20.4. The predicted octanol–water partition coefficient (Wildman–Crippen LogP) is -0.267. The summed E-state index contributed by atoms with van der Waals surface area (Å²) in [5.41, 5.74) is 0. The highest BCUT2D eigenvalue weighted by molar-refractivity contribution is 5.91. The molecule has 1 aliphatic heterocycles. The molecule has 0 aliphatic carbocycles. The summed E-state index contributed by atoms with van der Waals surface area (Å²) in [6.45, 7) is 0.0708. The Balaban J connectivity index is 2.41. The van der Waals surface area contributed by atoms with Crippen LogP contribution in [0.1, 0.15) is 25.7 Å². The molecule has 0 unspecified atom stereocenters. The first-order chi connectivity index (χ1) is 9.58. The average molecular weight is 288 g/mol. The van der Waals surface area contributed by atoms with Crippen molar-refractivity contribution in [1.29, 1.82) is 0 Å². The van der Waals surface area contributed by atoms with E-state index in [1.54, 1.807) is 0 Å². The number of esters is 4. The molecule has 0 radical (unpaired) electrons. The molecule has 0 aromatic rings. The minimum Gasteiger partial charge on any atom is -0.465 e. The Labute approximate surface area is 115 Å². The van der Waals surface area contributed by atoms with Crippen LogP contribution in [-0.2, 0) is 38.1 Å². The van der Waals surface area contributed by atoms with E-state index in [0.717, 1.165) is 0 Å². The van der Waals surface area contributed by atoms with Crippen molar-refractivity contribution in [2.45, 2.75) is 25.7 Å². The summed E-state index contributed by atoms with van der Waals surface area (Å²) in [6.07, 6.45) is -0.387. The fourth-order valence-electron chi connectivity index (χ4n) is 1.30. The third kappa shape index (κ3) is 7.34. The van der Waals surface area contributed by atoms with Gasteiger partial charge in [-0.25, -0.2) is 0 Å². The highest BCUT2D eigenvalue weighted by Gasteiger charge is 2.14. The van der Waals surface area contributed by atoms with E-state index in [9.17, 15) is 19.2 Å². The quantitative estimate of drug-likeness (QED) is 0.341. The number of cyclic esters (lactones) is 4. The van der Waals surface area contributed by atoms with Gasteiger partial charge in [0.1, 0.15) is 12.8 Å². The van der Waals surface area contributed by atoms with Gasteiger partial charge in [0.2, 0.25) is 0 Å². The summed E-state index contributed by atoms with van der Waals surface area (Å²) in [5, 5.41) is 0. The summed E-state index contributed by atoms with van der Waals surface area (Å²) in [4.78, 5) is 44.8. The highest BCUT2D eigenvalue weighted by Crippen LogP contribution is 1.98. The first kappa shape index (κ1) is 15.9. The Hall–Kier alpha value is -2.12. The van der Waals surface area contributed by atoms with Gasteiger partial charge in [0.15, 0.2) is 0 Å². The van der Waals surface area contributed by atoms with E-state index in [1.165, 1.54) is 0 Å². The number of carbonyl (C=O) groups is 4. The molecule has 0 bridgehead atoms. The second kappa shape index (κ2) is 8.89. The Kier molecular flexibility index (Phi) is 7.08. The molecule has 0 saturated carbocycles. The van der Waals surface area contributed by atoms with E-state index in [2.05, 4.69) is 0 Å². The van der Waals surface area contributed by atoms with Gasteiger partial charge in [-0.3, -0.25) is 19.2 Å². The summed E-state index contributed by atoms with van der Waals surface area (Å²) >= 11 is 0. The van der Waals surface area contributed by atoms with E-state index in [0.29, 0.717) is 0 Å². The second-order valence-electron chi connectivity index (χ2n) is 3.94. The van der Waals surface area contributed by atoms with Crippen molar-refractivity contribution in [2.24, 2.45) is 0 Å². The number of hydrogen-bond acceptors (Lipinski definition) is 8. The van der Waals surface area contributed by atoms with Gasteiger partial charge in [0.25, 0.3) is 0 Å². The lowest BCUT2D eigenvalue weighted by Gasteiger charge is -2.09. The molecule has 0 aromatic heterocycles. The van der Waals surface area contributed by atoms with Crippen molar-refractivity contribution in [2.75, 3.05) is 26.4 Å². The summed E-state index contributed by atoms with van der Waals surface area (Å²) in [7, 11) is 0. The zero-order chi connectivity index (χ0) is 14.8. The fraction of sp³-hybridized carbons (Fsp3) is 0.667. The Morgan fingerprint density at radius 3 is 1.00 bits per heavy atom. The molecule has 20 heavy (non-hydrogen) atoms. The molecule has 1 saturated heterocycles. The summed E-state index contributed by atoms with van der Waals surface area (Å²) in [6, 6.07) is 0.